The molecule has 8 nitrogen and oxygen atoms in total. The molecule has 2 N–H and O–H groups in total. The van der Waals surface area contributed by atoms with Crippen molar-refractivity contribution in [3.8, 4) is 11.5 Å². The van der Waals surface area contributed by atoms with Crippen LogP contribution in [0.2, 0.25) is 0 Å². The Balaban J connectivity index is 1.67. The Labute approximate surface area is 211 Å². The Morgan fingerprint density at radius 3 is 2.65 bits per heavy atom. The SMILES string of the molecule is CNC[C@H]1CN(c2c(NC(=O)c3ccn(CC(F)F)n3)ccc(Oc3ccccc3F)c2F)CCN1C. The minimum absolute atomic E-state index is 0.0582. The number of nitrogens with zero attached hydrogens (tertiary/aromatic N) is 4. The molecule has 0 spiro atoms. The fraction of sp³-hybridized carbons (Fsp3) is 0.360. The largest absolute Gasteiger partial charge is 0.451 e. The number of hydrogen-bond acceptors (Lipinski definition) is 6. The maximum Gasteiger partial charge on any atom is 0.276 e. The predicted octanol–water partition coefficient (Wildman–Crippen LogP) is 3.81. The second-order valence-corrected chi connectivity index (χ2v) is 8.71. The van der Waals surface area contributed by atoms with Gasteiger partial charge in [-0.05, 0) is 44.4 Å². The fourth-order valence-electron chi connectivity index (χ4n) is 4.20. The van der Waals surface area contributed by atoms with Crippen LogP contribution in [0.25, 0.3) is 0 Å². The van der Waals surface area contributed by atoms with Crippen molar-refractivity contribution in [1.29, 1.82) is 0 Å². The van der Waals surface area contributed by atoms with E-state index in [1.807, 2.05) is 14.1 Å². The summed E-state index contributed by atoms with van der Waals surface area (Å²) in [6.07, 6.45) is -1.35. The zero-order valence-electron chi connectivity index (χ0n) is 20.4. The van der Waals surface area contributed by atoms with E-state index in [1.54, 1.807) is 11.0 Å². The van der Waals surface area contributed by atoms with Gasteiger partial charge < -0.3 is 20.3 Å². The number of rotatable bonds is 9. The van der Waals surface area contributed by atoms with E-state index in [4.69, 9.17) is 4.74 Å². The lowest BCUT2D eigenvalue weighted by atomic mass is 10.1. The third-order valence-corrected chi connectivity index (χ3v) is 6.12. The van der Waals surface area contributed by atoms with Crippen molar-refractivity contribution >= 4 is 17.3 Å². The number of benzene rings is 2. The number of likely N-dealkylation sites (N-methyl/N-ethyl adjacent to an activating group) is 2. The van der Waals surface area contributed by atoms with Gasteiger partial charge in [-0.1, -0.05) is 12.1 Å². The van der Waals surface area contributed by atoms with Crippen LogP contribution in [-0.2, 0) is 6.54 Å². The van der Waals surface area contributed by atoms with E-state index in [0.717, 1.165) is 4.68 Å². The molecule has 198 valence electrons. The highest BCUT2D eigenvalue weighted by atomic mass is 19.3. The number of ether oxygens (including phenoxy) is 1. The van der Waals surface area contributed by atoms with Crippen LogP contribution in [0.15, 0.2) is 48.7 Å². The normalized spacial score (nSPS) is 16.3. The number of carbonyl (C=O) groups is 1. The van der Waals surface area contributed by atoms with Gasteiger partial charge in [0.2, 0.25) is 0 Å². The van der Waals surface area contributed by atoms with E-state index < -0.39 is 30.5 Å². The molecule has 0 unspecified atom stereocenters. The Kier molecular flexibility index (Phi) is 8.29. The maximum atomic E-state index is 16.0. The average molecular weight is 521 g/mol. The molecule has 37 heavy (non-hydrogen) atoms. The third-order valence-electron chi connectivity index (χ3n) is 6.12. The summed E-state index contributed by atoms with van der Waals surface area (Å²) in [4.78, 5) is 16.8. The Morgan fingerprint density at radius 1 is 1.14 bits per heavy atom. The van der Waals surface area contributed by atoms with Crippen LogP contribution < -0.4 is 20.3 Å². The first kappa shape index (κ1) is 26.4. The molecule has 0 saturated carbocycles. The van der Waals surface area contributed by atoms with Crippen molar-refractivity contribution < 1.29 is 27.1 Å². The molecule has 0 radical (unpaired) electrons. The summed E-state index contributed by atoms with van der Waals surface area (Å²) in [6.45, 7) is 1.55. The summed E-state index contributed by atoms with van der Waals surface area (Å²) in [6, 6.07) is 9.80. The smallest absolute Gasteiger partial charge is 0.276 e. The van der Waals surface area contributed by atoms with Crippen molar-refractivity contribution in [3.05, 3.63) is 66.0 Å². The van der Waals surface area contributed by atoms with Gasteiger partial charge in [0.1, 0.15) is 12.2 Å². The van der Waals surface area contributed by atoms with E-state index in [2.05, 4.69) is 20.6 Å². The molecule has 12 heteroatoms. The lowest BCUT2D eigenvalue weighted by molar-refractivity contribution is 0.101. The van der Waals surface area contributed by atoms with E-state index >= 15 is 4.39 Å². The monoisotopic (exact) mass is 520 g/mol. The summed E-state index contributed by atoms with van der Waals surface area (Å²) in [5.41, 5.74) is 0.146. The number of hydrogen-bond donors (Lipinski definition) is 2. The Bertz CT molecular complexity index is 1240. The number of piperazine rings is 1. The molecule has 1 aromatic heterocycles. The zero-order valence-corrected chi connectivity index (χ0v) is 20.4. The van der Waals surface area contributed by atoms with Crippen molar-refractivity contribution in [2.75, 3.05) is 50.5 Å². The standard InChI is InChI=1S/C25H28F4N6O2/c1-30-13-16-14-34(12-11-33(16)2)24-18(31-25(36)19-9-10-35(32-19)15-22(27)28)7-8-21(23(24)29)37-20-6-4-3-5-17(20)26/h3-10,16,22,30H,11-15H2,1-2H3,(H,31,36)/t16-/m0/s1. The highest BCUT2D eigenvalue weighted by molar-refractivity contribution is 6.04. The van der Waals surface area contributed by atoms with Gasteiger partial charge in [-0.15, -0.1) is 0 Å². The van der Waals surface area contributed by atoms with Gasteiger partial charge in [-0.25, -0.2) is 17.6 Å². The van der Waals surface area contributed by atoms with Crippen LogP contribution >= 0.6 is 0 Å². The summed E-state index contributed by atoms with van der Waals surface area (Å²) in [5.74, 6) is -2.44. The van der Waals surface area contributed by atoms with Crippen molar-refractivity contribution in [2.45, 2.75) is 19.0 Å². The van der Waals surface area contributed by atoms with Gasteiger partial charge >= 0.3 is 0 Å². The molecule has 3 aromatic rings. The lowest BCUT2D eigenvalue weighted by Crippen LogP contribution is -2.55. The maximum absolute atomic E-state index is 16.0. The summed E-state index contributed by atoms with van der Waals surface area (Å²) in [5, 5.41) is 9.65. The highest BCUT2D eigenvalue weighted by Crippen LogP contribution is 2.38. The van der Waals surface area contributed by atoms with E-state index in [9.17, 15) is 18.0 Å². The average Bonchev–Trinajstić information content (AvgIpc) is 3.32. The Morgan fingerprint density at radius 2 is 1.92 bits per heavy atom. The number of amides is 1. The first-order valence-corrected chi connectivity index (χ1v) is 11.7. The van der Waals surface area contributed by atoms with Crippen LogP contribution in [0.3, 0.4) is 0 Å². The fourth-order valence-corrected chi connectivity index (χ4v) is 4.20. The second-order valence-electron chi connectivity index (χ2n) is 8.71. The van der Waals surface area contributed by atoms with Crippen LogP contribution in [0.4, 0.5) is 28.9 Å². The predicted molar refractivity (Wildman–Crippen MR) is 132 cm³/mol. The minimum Gasteiger partial charge on any atom is -0.451 e. The number of nitrogens with one attached hydrogen (secondary N) is 2. The molecule has 2 aromatic carbocycles. The number of para-hydroxylation sites is 1. The van der Waals surface area contributed by atoms with E-state index in [0.29, 0.717) is 26.2 Å². The van der Waals surface area contributed by atoms with E-state index in [-0.39, 0.29) is 34.6 Å². The molecule has 1 aliphatic rings. The van der Waals surface area contributed by atoms with Gasteiger partial charge in [0.25, 0.3) is 12.3 Å². The topological polar surface area (TPSA) is 74.7 Å². The second kappa shape index (κ2) is 11.6. The molecular weight excluding hydrogens is 492 g/mol. The van der Waals surface area contributed by atoms with Gasteiger partial charge in [0, 0.05) is 38.4 Å². The van der Waals surface area contributed by atoms with Gasteiger partial charge in [-0.3, -0.25) is 14.4 Å². The molecule has 1 atom stereocenters. The first-order valence-electron chi connectivity index (χ1n) is 11.7. The molecule has 1 aliphatic heterocycles. The minimum atomic E-state index is -2.62. The molecule has 0 aliphatic carbocycles. The van der Waals surface area contributed by atoms with Crippen molar-refractivity contribution in [1.82, 2.24) is 20.0 Å². The molecular formula is C25H28F4N6O2. The number of anilines is 2. The summed E-state index contributed by atoms with van der Waals surface area (Å²) < 4.78 is 62.0. The van der Waals surface area contributed by atoms with Gasteiger partial charge in [0.05, 0.1) is 5.69 Å². The number of aromatic nitrogens is 2. The Hall–Kier alpha value is -3.64. The number of alkyl halides is 2. The van der Waals surface area contributed by atoms with Gasteiger partial charge in [0.15, 0.2) is 28.8 Å². The molecule has 4 rings (SSSR count). The highest BCUT2D eigenvalue weighted by Gasteiger charge is 2.29. The van der Waals surface area contributed by atoms with Crippen molar-refractivity contribution in [3.63, 3.8) is 0 Å². The quantitative estimate of drug-likeness (QED) is 0.418. The van der Waals surface area contributed by atoms with E-state index in [1.165, 1.54) is 42.6 Å². The zero-order chi connectivity index (χ0) is 26.5. The molecule has 1 amide bonds. The van der Waals surface area contributed by atoms with Crippen LogP contribution in [0.5, 0.6) is 11.5 Å². The molecule has 1 fully saturated rings. The number of halogens is 4. The first-order chi connectivity index (χ1) is 17.8. The van der Waals surface area contributed by atoms with Crippen molar-refractivity contribution in [2.24, 2.45) is 0 Å². The van der Waals surface area contributed by atoms with Crippen LogP contribution in [0.1, 0.15) is 10.5 Å². The summed E-state index contributed by atoms with van der Waals surface area (Å²) in [7, 11) is 3.81. The molecule has 1 saturated heterocycles. The van der Waals surface area contributed by atoms with Crippen LogP contribution in [-0.4, -0.2) is 73.3 Å². The number of carbonyl (C=O) groups excluding carboxylic acids is 1. The molecule has 0 bridgehead atoms. The lowest BCUT2D eigenvalue weighted by Gasteiger charge is -2.41. The van der Waals surface area contributed by atoms with Gasteiger partial charge in [-0.2, -0.15) is 5.10 Å². The third kappa shape index (κ3) is 6.20. The molecule has 2 heterocycles. The van der Waals surface area contributed by atoms with Crippen LogP contribution in [0, 0.1) is 11.6 Å². The summed E-state index contributed by atoms with van der Waals surface area (Å²) >= 11 is 0.